The lowest BCUT2D eigenvalue weighted by Crippen LogP contribution is -2.22. The van der Waals surface area contributed by atoms with E-state index in [-0.39, 0.29) is 30.0 Å². The molecule has 0 amide bonds. The Balaban J connectivity index is 1.38. The second kappa shape index (κ2) is 6.88. The summed E-state index contributed by atoms with van der Waals surface area (Å²) in [6.45, 7) is 4.65. The summed E-state index contributed by atoms with van der Waals surface area (Å²) in [6, 6.07) is 14.2. The molecule has 1 fully saturated rings. The van der Waals surface area contributed by atoms with Crippen LogP contribution in [0, 0.1) is 0 Å². The van der Waals surface area contributed by atoms with Crippen molar-refractivity contribution in [2.45, 2.75) is 50.4 Å². The van der Waals surface area contributed by atoms with Gasteiger partial charge in [-0.2, -0.15) is 0 Å². The van der Waals surface area contributed by atoms with Crippen molar-refractivity contribution >= 4 is 16.7 Å². The van der Waals surface area contributed by atoms with Gasteiger partial charge in [0, 0.05) is 29.7 Å². The van der Waals surface area contributed by atoms with Gasteiger partial charge in [0.1, 0.15) is 5.78 Å². The van der Waals surface area contributed by atoms with Crippen LogP contribution in [-0.2, 0) is 22.0 Å². The predicted octanol–water partition coefficient (Wildman–Crippen LogP) is 4.40. The van der Waals surface area contributed by atoms with Gasteiger partial charge in [0.05, 0.1) is 5.41 Å². The summed E-state index contributed by atoms with van der Waals surface area (Å²) < 4.78 is 10.9. The van der Waals surface area contributed by atoms with Crippen molar-refractivity contribution in [1.82, 2.24) is 4.98 Å². The van der Waals surface area contributed by atoms with Crippen LogP contribution in [-0.4, -0.2) is 29.3 Å². The zero-order chi connectivity index (χ0) is 20.9. The number of ketones is 1. The summed E-state index contributed by atoms with van der Waals surface area (Å²) in [5, 5.41) is 10.4. The molecule has 0 unspecified atom stereocenters. The zero-order valence-corrected chi connectivity index (χ0v) is 17.5. The Kier molecular flexibility index (Phi) is 4.40. The molecule has 2 aromatic carbocycles. The van der Waals surface area contributed by atoms with E-state index in [9.17, 15) is 9.90 Å². The normalized spacial score (nSPS) is 16.8. The molecule has 5 heteroatoms. The number of fused-ring (bicyclic) bond motifs is 2. The van der Waals surface area contributed by atoms with E-state index in [1.165, 1.54) is 0 Å². The molecule has 2 N–H and O–H groups in total. The van der Waals surface area contributed by atoms with Crippen LogP contribution in [0.1, 0.15) is 49.9 Å². The number of carbonyl (C=O) groups excluding carboxylic acids is 1. The van der Waals surface area contributed by atoms with Gasteiger partial charge in [-0.15, -0.1) is 0 Å². The molecule has 0 spiro atoms. The van der Waals surface area contributed by atoms with Crippen molar-refractivity contribution in [2.75, 3.05) is 13.4 Å². The minimum Gasteiger partial charge on any atom is -0.454 e. The molecule has 156 valence electrons. The molecule has 2 heterocycles. The van der Waals surface area contributed by atoms with Gasteiger partial charge in [-0.25, -0.2) is 0 Å². The van der Waals surface area contributed by atoms with Crippen molar-refractivity contribution in [3.8, 4) is 11.5 Å². The van der Waals surface area contributed by atoms with Crippen molar-refractivity contribution < 1.29 is 19.4 Å². The van der Waals surface area contributed by atoms with Gasteiger partial charge >= 0.3 is 0 Å². The number of ether oxygens (including phenoxy) is 2. The van der Waals surface area contributed by atoms with E-state index in [2.05, 4.69) is 37.0 Å². The summed E-state index contributed by atoms with van der Waals surface area (Å²) in [4.78, 5) is 16.7. The van der Waals surface area contributed by atoms with E-state index in [1.807, 2.05) is 24.3 Å². The largest absolute Gasteiger partial charge is 0.454 e. The third-order valence-electron chi connectivity index (χ3n) is 6.72. The molecule has 0 atom stereocenters. The van der Waals surface area contributed by atoms with Crippen LogP contribution in [0.2, 0.25) is 0 Å². The van der Waals surface area contributed by atoms with Gasteiger partial charge in [0.15, 0.2) is 11.5 Å². The molecular weight excluding hydrogens is 378 g/mol. The van der Waals surface area contributed by atoms with Crippen molar-refractivity contribution in [3.63, 3.8) is 0 Å². The van der Waals surface area contributed by atoms with Gasteiger partial charge in [0.2, 0.25) is 6.79 Å². The van der Waals surface area contributed by atoms with E-state index in [0.717, 1.165) is 52.1 Å². The quantitative estimate of drug-likeness (QED) is 0.611. The van der Waals surface area contributed by atoms with Gasteiger partial charge in [-0.1, -0.05) is 26.0 Å². The Morgan fingerprint density at radius 2 is 1.90 bits per heavy atom. The van der Waals surface area contributed by atoms with Crippen LogP contribution < -0.4 is 9.47 Å². The molecule has 1 aromatic heterocycles. The van der Waals surface area contributed by atoms with E-state index in [0.29, 0.717) is 12.8 Å². The lowest BCUT2D eigenvalue weighted by Gasteiger charge is -2.21. The lowest BCUT2D eigenvalue weighted by molar-refractivity contribution is -0.120. The van der Waals surface area contributed by atoms with Crippen LogP contribution in [0.15, 0.2) is 42.5 Å². The third-order valence-corrected chi connectivity index (χ3v) is 6.72. The molecule has 5 rings (SSSR count). The number of H-pyrrole nitrogens is 1. The minimum atomic E-state index is -0.387. The second-order valence-electron chi connectivity index (χ2n) is 9.21. The number of hydrogen-bond donors (Lipinski definition) is 2. The van der Waals surface area contributed by atoms with Gasteiger partial charge in [0.25, 0.3) is 0 Å². The molecular formula is C25H27NO4. The first kappa shape index (κ1) is 19.2. The molecule has 0 bridgehead atoms. The van der Waals surface area contributed by atoms with Crippen LogP contribution >= 0.6 is 0 Å². The monoisotopic (exact) mass is 405 g/mol. The van der Waals surface area contributed by atoms with E-state index < -0.39 is 0 Å². The summed E-state index contributed by atoms with van der Waals surface area (Å²) in [6.07, 6.45) is 2.89. The molecule has 1 aliphatic heterocycles. The summed E-state index contributed by atoms with van der Waals surface area (Å²) in [5.74, 6) is 1.75. The zero-order valence-electron chi connectivity index (χ0n) is 17.5. The fourth-order valence-corrected chi connectivity index (χ4v) is 4.47. The van der Waals surface area contributed by atoms with Crippen LogP contribution in [0.3, 0.4) is 0 Å². The SMILES string of the molecule is CC(C)(CCO)c1cc2cc(CC(=O)C3(c4ccc5c(c4)OCO5)CC3)ccc2[nH]1. The van der Waals surface area contributed by atoms with Crippen molar-refractivity contribution in [1.29, 1.82) is 0 Å². The van der Waals surface area contributed by atoms with Gasteiger partial charge in [-0.3, -0.25) is 4.79 Å². The smallest absolute Gasteiger partial charge is 0.231 e. The van der Waals surface area contributed by atoms with Gasteiger partial charge in [-0.05, 0) is 66.1 Å². The standard InChI is InChI=1S/C25H27NO4/c1-24(2,9-10-27)22-13-17-11-16(3-5-19(17)26-22)12-23(28)25(7-8-25)18-4-6-20-21(14-18)30-15-29-20/h3-6,11,13-14,26-27H,7-10,12,15H2,1-2H3. The highest BCUT2D eigenvalue weighted by Crippen LogP contribution is 2.51. The Morgan fingerprint density at radius 3 is 2.67 bits per heavy atom. The number of aliphatic hydroxyl groups excluding tert-OH is 1. The van der Waals surface area contributed by atoms with E-state index in [1.54, 1.807) is 0 Å². The first-order valence-corrected chi connectivity index (χ1v) is 10.6. The highest BCUT2D eigenvalue weighted by atomic mass is 16.7. The fraction of sp³-hybridized carbons (Fsp3) is 0.400. The molecule has 1 aliphatic carbocycles. The number of aliphatic hydroxyl groups is 1. The number of benzene rings is 2. The first-order valence-electron chi connectivity index (χ1n) is 10.6. The predicted molar refractivity (Wildman–Crippen MR) is 115 cm³/mol. The number of aromatic nitrogens is 1. The lowest BCUT2D eigenvalue weighted by atomic mass is 9.86. The van der Waals surface area contributed by atoms with Crippen LogP contribution in [0.5, 0.6) is 11.5 Å². The van der Waals surface area contributed by atoms with Gasteiger partial charge < -0.3 is 19.6 Å². The molecule has 30 heavy (non-hydrogen) atoms. The highest BCUT2D eigenvalue weighted by Gasteiger charge is 2.50. The molecule has 2 aliphatic rings. The number of carbonyl (C=O) groups is 1. The van der Waals surface area contributed by atoms with Crippen LogP contribution in [0.4, 0.5) is 0 Å². The topological polar surface area (TPSA) is 71.6 Å². The Bertz CT molecular complexity index is 1120. The maximum absolute atomic E-state index is 13.3. The molecule has 0 saturated heterocycles. The Morgan fingerprint density at radius 1 is 1.10 bits per heavy atom. The Hall–Kier alpha value is -2.79. The van der Waals surface area contributed by atoms with Crippen LogP contribution in [0.25, 0.3) is 10.9 Å². The average Bonchev–Trinajstić information content (AvgIpc) is 3.19. The highest BCUT2D eigenvalue weighted by molar-refractivity contribution is 5.95. The summed E-state index contributed by atoms with van der Waals surface area (Å²) in [7, 11) is 0. The second-order valence-corrected chi connectivity index (χ2v) is 9.21. The molecule has 1 saturated carbocycles. The molecule has 0 radical (unpaired) electrons. The summed E-state index contributed by atoms with van der Waals surface area (Å²) >= 11 is 0. The number of rotatable bonds is 7. The maximum Gasteiger partial charge on any atom is 0.231 e. The number of hydrogen-bond acceptors (Lipinski definition) is 4. The Labute approximate surface area is 176 Å². The number of nitrogens with one attached hydrogen (secondary N) is 1. The average molecular weight is 405 g/mol. The fourth-order valence-electron chi connectivity index (χ4n) is 4.47. The summed E-state index contributed by atoms with van der Waals surface area (Å²) in [5.41, 5.74) is 3.72. The first-order chi connectivity index (χ1) is 14.4. The van der Waals surface area contributed by atoms with Crippen molar-refractivity contribution in [2.24, 2.45) is 0 Å². The molecule has 3 aromatic rings. The number of Topliss-reactive ketones (excluding diaryl/α,β-unsaturated/α-hetero) is 1. The van der Waals surface area contributed by atoms with Crippen molar-refractivity contribution in [3.05, 3.63) is 59.3 Å². The number of aromatic amines is 1. The van der Waals surface area contributed by atoms with E-state index in [4.69, 9.17) is 9.47 Å². The minimum absolute atomic E-state index is 0.124. The third kappa shape index (κ3) is 3.18. The van der Waals surface area contributed by atoms with E-state index >= 15 is 0 Å². The molecule has 5 nitrogen and oxygen atoms in total. The maximum atomic E-state index is 13.3.